The van der Waals surface area contributed by atoms with Crippen LogP contribution in [0.3, 0.4) is 0 Å². The molecule has 0 fully saturated rings. The SMILES string of the molecule is CC(=O)C(C(=O)Cl)C(=O)C1(C(C)=O)C2=CC=C1C=C2. The van der Waals surface area contributed by atoms with Gasteiger partial charge in [0.1, 0.15) is 11.2 Å². The number of rotatable bonds is 5. The monoisotopic (exact) mass is 278 g/mol. The Bertz CT molecular complexity index is 571. The Morgan fingerprint density at radius 3 is 1.79 bits per heavy atom. The largest absolute Gasteiger partial charge is 0.299 e. The molecule has 0 heterocycles. The van der Waals surface area contributed by atoms with Crippen molar-refractivity contribution in [3.8, 4) is 0 Å². The molecule has 2 rings (SSSR count). The average Bonchev–Trinajstić information content (AvgIpc) is 2.82. The van der Waals surface area contributed by atoms with Crippen LogP contribution in [0.4, 0.5) is 0 Å². The first-order valence-corrected chi connectivity index (χ1v) is 6.07. The van der Waals surface area contributed by atoms with Crippen molar-refractivity contribution < 1.29 is 19.2 Å². The predicted octanol–water partition coefficient (Wildman–Crippen LogP) is 1.54. The van der Waals surface area contributed by atoms with E-state index in [1.54, 1.807) is 24.3 Å². The maximum Gasteiger partial charge on any atom is 0.239 e. The van der Waals surface area contributed by atoms with Crippen LogP contribution in [0.25, 0.3) is 0 Å². The highest BCUT2D eigenvalue weighted by atomic mass is 35.5. The first-order valence-electron chi connectivity index (χ1n) is 5.69. The van der Waals surface area contributed by atoms with Gasteiger partial charge in [-0.2, -0.15) is 0 Å². The molecular formula is C14H11ClO4. The van der Waals surface area contributed by atoms with E-state index in [1.165, 1.54) is 6.92 Å². The number of hydrogen-bond donors (Lipinski definition) is 0. The maximum atomic E-state index is 12.6. The van der Waals surface area contributed by atoms with Crippen LogP contribution < -0.4 is 0 Å². The van der Waals surface area contributed by atoms with Gasteiger partial charge in [0, 0.05) is 0 Å². The molecule has 1 atom stereocenters. The second-order valence-electron chi connectivity index (χ2n) is 4.60. The highest BCUT2D eigenvalue weighted by Crippen LogP contribution is 2.49. The predicted molar refractivity (Wildman–Crippen MR) is 68.5 cm³/mol. The highest BCUT2D eigenvalue weighted by Gasteiger charge is 2.56. The molecule has 0 amide bonds. The minimum absolute atomic E-state index is 0.415. The third-order valence-electron chi connectivity index (χ3n) is 3.54. The number of Topliss-reactive ketones (excluding diaryl/α,β-unsaturated/α-hetero) is 3. The van der Waals surface area contributed by atoms with E-state index in [0.29, 0.717) is 11.1 Å². The molecule has 0 aromatic heterocycles. The summed E-state index contributed by atoms with van der Waals surface area (Å²) in [6.45, 7) is 2.39. The minimum atomic E-state index is -1.60. The fourth-order valence-corrected chi connectivity index (χ4v) is 2.92. The van der Waals surface area contributed by atoms with E-state index in [1.807, 2.05) is 0 Å². The van der Waals surface area contributed by atoms with Crippen LogP contribution in [0.15, 0.2) is 35.5 Å². The Labute approximate surface area is 114 Å². The van der Waals surface area contributed by atoms with Crippen molar-refractivity contribution in [1.29, 1.82) is 0 Å². The lowest BCUT2D eigenvalue weighted by molar-refractivity contribution is -0.142. The van der Waals surface area contributed by atoms with E-state index < -0.39 is 33.9 Å². The van der Waals surface area contributed by atoms with E-state index in [-0.39, 0.29) is 0 Å². The van der Waals surface area contributed by atoms with E-state index in [9.17, 15) is 19.2 Å². The standard InChI is InChI=1S/C14H11ClO4/c1-7(16)11(13(15)19)12(18)14(8(2)17)9-3-4-10(14)6-5-9/h3-6,11H,1-2H3. The number of fused-ring (bicyclic) bond motifs is 2. The Morgan fingerprint density at radius 1 is 1.05 bits per heavy atom. The smallest absolute Gasteiger partial charge is 0.239 e. The maximum absolute atomic E-state index is 12.6. The molecule has 2 bridgehead atoms. The number of ketones is 3. The normalized spacial score (nSPS) is 19.7. The number of carbonyl (C=O) groups is 4. The number of carbonyl (C=O) groups excluding carboxylic acids is 4. The van der Waals surface area contributed by atoms with Gasteiger partial charge in [-0.15, -0.1) is 0 Å². The quantitative estimate of drug-likeness (QED) is 0.565. The van der Waals surface area contributed by atoms with E-state index >= 15 is 0 Å². The van der Waals surface area contributed by atoms with Gasteiger partial charge in [-0.25, -0.2) is 0 Å². The summed E-state index contributed by atoms with van der Waals surface area (Å²) >= 11 is 5.34. The summed E-state index contributed by atoms with van der Waals surface area (Å²) in [5.74, 6) is -3.43. The molecule has 2 aliphatic carbocycles. The van der Waals surface area contributed by atoms with Gasteiger partial charge >= 0.3 is 0 Å². The molecule has 5 heteroatoms. The van der Waals surface area contributed by atoms with Crippen LogP contribution in [-0.4, -0.2) is 22.6 Å². The summed E-state index contributed by atoms with van der Waals surface area (Å²) in [6, 6.07) is 0. The van der Waals surface area contributed by atoms with Crippen molar-refractivity contribution in [3.63, 3.8) is 0 Å². The van der Waals surface area contributed by atoms with Gasteiger partial charge < -0.3 is 0 Å². The fraction of sp³-hybridized carbons (Fsp3) is 0.286. The third-order valence-corrected chi connectivity index (χ3v) is 3.76. The summed E-state index contributed by atoms with van der Waals surface area (Å²) in [5, 5.41) is -1.05. The Hall–Kier alpha value is -1.81. The number of hydrogen-bond acceptors (Lipinski definition) is 4. The Kier molecular flexibility index (Phi) is 3.14. The summed E-state index contributed by atoms with van der Waals surface area (Å²) in [6.07, 6.45) is 6.57. The molecule has 0 aromatic rings. The van der Waals surface area contributed by atoms with Gasteiger partial charge in [0.05, 0.1) is 0 Å². The van der Waals surface area contributed by atoms with Crippen molar-refractivity contribution in [3.05, 3.63) is 35.5 Å². The van der Waals surface area contributed by atoms with Crippen molar-refractivity contribution in [2.75, 3.05) is 0 Å². The molecule has 0 saturated heterocycles. The van der Waals surface area contributed by atoms with Crippen molar-refractivity contribution >= 4 is 34.2 Å². The van der Waals surface area contributed by atoms with E-state index in [4.69, 9.17) is 11.6 Å². The summed E-state index contributed by atoms with van der Waals surface area (Å²) in [4.78, 5) is 47.4. The number of allylic oxidation sites excluding steroid dienone is 6. The van der Waals surface area contributed by atoms with Crippen molar-refractivity contribution in [2.45, 2.75) is 13.8 Å². The lowest BCUT2D eigenvalue weighted by atomic mass is 9.69. The van der Waals surface area contributed by atoms with Crippen LogP contribution in [0.2, 0.25) is 0 Å². The molecule has 0 radical (unpaired) electrons. The van der Waals surface area contributed by atoms with Gasteiger partial charge in [0.15, 0.2) is 17.5 Å². The molecule has 0 aliphatic heterocycles. The van der Waals surface area contributed by atoms with Crippen LogP contribution >= 0.6 is 11.6 Å². The van der Waals surface area contributed by atoms with Crippen LogP contribution in [0.1, 0.15) is 13.8 Å². The lowest BCUT2D eigenvalue weighted by Crippen LogP contribution is -2.45. The minimum Gasteiger partial charge on any atom is -0.299 e. The second kappa shape index (κ2) is 4.38. The van der Waals surface area contributed by atoms with Gasteiger partial charge in [-0.3, -0.25) is 19.2 Å². The zero-order valence-corrected chi connectivity index (χ0v) is 11.2. The van der Waals surface area contributed by atoms with Gasteiger partial charge in [0.2, 0.25) is 5.24 Å². The topological polar surface area (TPSA) is 68.3 Å². The van der Waals surface area contributed by atoms with Gasteiger partial charge in [0.25, 0.3) is 0 Å². The third kappa shape index (κ3) is 1.67. The molecule has 0 N–H and O–H groups in total. The zero-order chi connectivity index (χ0) is 14.4. The Morgan fingerprint density at radius 2 is 1.53 bits per heavy atom. The number of halogens is 1. The highest BCUT2D eigenvalue weighted by molar-refractivity contribution is 6.68. The van der Waals surface area contributed by atoms with Crippen LogP contribution in [0.5, 0.6) is 0 Å². The van der Waals surface area contributed by atoms with E-state index in [0.717, 1.165) is 6.92 Å². The molecule has 0 aromatic carbocycles. The average molecular weight is 279 g/mol. The molecule has 0 saturated carbocycles. The first kappa shape index (κ1) is 13.6. The summed E-state index contributed by atoms with van der Waals surface area (Å²) in [7, 11) is 0. The van der Waals surface area contributed by atoms with Gasteiger partial charge in [-0.05, 0) is 36.6 Å². The van der Waals surface area contributed by atoms with Crippen LogP contribution in [0, 0.1) is 11.3 Å². The molecular weight excluding hydrogens is 268 g/mol. The molecule has 98 valence electrons. The lowest BCUT2D eigenvalue weighted by Gasteiger charge is -2.27. The van der Waals surface area contributed by atoms with Crippen molar-refractivity contribution in [2.24, 2.45) is 11.3 Å². The molecule has 19 heavy (non-hydrogen) atoms. The second-order valence-corrected chi connectivity index (χ2v) is 4.97. The summed E-state index contributed by atoms with van der Waals surface area (Å²) < 4.78 is 0. The molecule has 0 spiro atoms. The zero-order valence-electron chi connectivity index (χ0n) is 10.4. The van der Waals surface area contributed by atoms with E-state index in [2.05, 4.69) is 0 Å². The fourth-order valence-electron chi connectivity index (χ4n) is 2.67. The summed E-state index contributed by atoms with van der Waals surface area (Å²) in [5.41, 5.74) is -0.547. The molecule has 1 unspecified atom stereocenters. The molecule has 4 nitrogen and oxygen atoms in total. The van der Waals surface area contributed by atoms with Gasteiger partial charge in [-0.1, -0.05) is 24.3 Å². The first-order chi connectivity index (χ1) is 8.83. The van der Waals surface area contributed by atoms with Crippen molar-refractivity contribution in [1.82, 2.24) is 0 Å². The molecule has 2 aliphatic rings. The van der Waals surface area contributed by atoms with Crippen LogP contribution in [-0.2, 0) is 19.2 Å². The Balaban J connectivity index is 2.56.